The number of ether oxygens (including phenoxy) is 1. The fraction of sp³-hybridized carbons (Fsp3) is 0.533. The van der Waals surface area contributed by atoms with Gasteiger partial charge < -0.3 is 10.1 Å². The summed E-state index contributed by atoms with van der Waals surface area (Å²) in [6, 6.07) is 7.49. The maximum absolute atomic E-state index is 12.1. The van der Waals surface area contributed by atoms with Gasteiger partial charge in [0.05, 0.1) is 18.7 Å². The fourth-order valence-corrected chi connectivity index (χ4v) is 1.84. The number of rotatable bonds is 8. The molecule has 1 saturated carbocycles. The van der Waals surface area contributed by atoms with Crippen molar-refractivity contribution in [2.75, 3.05) is 19.7 Å². The van der Waals surface area contributed by atoms with E-state index < -0.39 is 0 Å². The molecule has 1 N–H and O–H groups in total. The molecular formula is C15H21NO2. The Hall–Kier alpha value is -1.35. The summed E-state index contributed by atoms with van der Waals surface area (Å²) < 4.78 is 5.60. The highest BCUT2D eigenvalue weighted by Gasteiger charge is 2.21. The Morgan fingerprint density at radius 1 is 1.39 bits per heavy atom. The van der Waals surface area contributed by atoms with Crippen LogP contribution >= 0.6 is 0 Å². The zero-order valence-corrected chi connectivity index (χ0v) is 10.9. The van der Waals surface area contributed by atoms with Crippen LogP contribution in [0.3, 0.4) is 0 Å². The molecule has 0 heterocycles. The van der Waals surface area contributed by atoms with Crippen LogP contribution in [-0.4, -0.2) is 25.5 Å². The van der Waals surface area contributed by atoms with Crippen molar-refractivity contribution in [1.82, 2.24) is 5.32 Å². The minimum atomic E-state index is 0.113. The Morgan fingerprint density at radius 2 is 2.17 bits per heavy atom. The molecule has 1 aliphatic rings. The summed E-state index contributed by atoms with van der Waals surface area (Å²) in [5, 5.41) is 3.22. The highest BCUT2D eigenvalue weighted by Crippen LogP contribution is 2.27. The van der Waals surface area contributed by atoms with Gasteiger partial charge in [-0.2, -0.15) is 0 Å². The van der Waals surface area contributed by atoms with Gasteiger partial charge in [0.1, 0.15) is 5.75 Å². The molecule has 98 valence electrons. The van der Waals surface area contributed by atoms with Crippen LogP contribution in [0.4, 0.5) is 0 Å². The predicted octanol–water partition coefficient (Wildman–Crippen LogP) is 2.66. The van der Waals surface area contributed by atoms with E-state index in [0.29, 0.717) is 24.5 Å². The van der Waals surface area contributed by atoms with Crippen molar-refractivity contribution in [3.05, 3.63) is 29.8 Å². The number of hydrogen-bond acceptors (Lipinski definition) is 3. The largest absolute Gasteiger partial charge is 0.493 e. The smallest absolute Gasteiger partial charge is 0.180 e. The van der Waals surface area contributed by atoms with Crippen molar-refractivity contribution in [1.29, 1.82) is 0 Å². The third-order valence-corrected chi connectivity index (χ3v) is 3.06. The lowest BCUT2D eigenvalue weighted by atomic mass is 10.1. The number of para-hydroxylation sites is 1. The lowest BCUT2D eigenvalue weighted by Crippen LogP contribution is -2.25. The minimum absolute atomic E-state index is 0.113. The average Bonchev–Trinajstić information content (AvgIpc) is 3.20. The Bertz CT molecular complexity index is 399. The van der Waals surface area contributed by atoms with Crippen molar-refractivity contribution in [3.63, 3.8) is 0 Å². The molecule has 0 aliphatic heterocycles. The summed E-state index contributed by atoms with van der Waals surface area (Å²) in [6.07, 6.45) is 3.55. The lowest BCUT2D eigenvalue weighted by Gasteiger charge is -2.10. The molecule has 0 bridgehead atoms. The predicted molar refractivity (Wildman–Crippen MR) is 72.2 cm³/mol. The van der Waals surface area contributed by atoms with Crippen molar-refractivity contribution < 1.29 is 9.53 Å². The normalized spacial score (nSPS) is 14.5. The van der Waals surface area contributed by atoms with E-state index in [9.17, 15) is 4.79 Å². The van der Waals surface area contributed by atoms with E-state index in [1.165, 1.54) is 12.8 Å². The van der Waals surface area contributed by atoms with Crippen LogP contribution in [-0.2, 0) is 0 Å². The van der Waals surface area contributed by atoms with Gasteiger partial charge in [0, 0.05) is 0 Å². The van der Waals surface area contributed by atoms with Gasteiger partial charge in [0.25, 0.3) is 0 Å². The van der Waals surface area contributed by atoms with Gasteiger partial charge in [-0.25, -0.2) is 0 Å². The van der Waals surface area contributed by atoms with Crippen molar-refractivity contribution in [2.45, 2.75) is 26.2 Å². The van der Waals surface area contributed by atoms with Gasteiger partial charge in [0.15, 0.2) is 5.78 Å². The SMILES string of the molecule is CCCOc1ccccc1C(=O)CNCC1CC1. The molecule has 3 heteroatoms. The van der Waals surface area contributed by atoms with Gasteiger partial charge in [-0.3, -0.25) is 4.79 Å². The zero-order valence-electron chi connectivity index (χ0n) is 10.9. The van der Waals surface area contributed by atoms with E-state index >= 15 is 0 Å². The van der Waals surface area contributed by atoms with Crippen molar-refractivity contribution in [3.8, 4) is 5.75 Å². The Morgan fingerprint density at radius 3 is 2.89 bits per heavy atom. The second-order valence-electron chi connectivity index (χ2n) is 4.84. The molecular weight excluding hydrogens is 226 g/mol. The monoisotopic (exact) mass is 247 g/mol. The Balaban J connectivity index is 1.90. The second kappa shape index (κ2) is 6.55. The van der Waals surface area contributed by atoms with Crippen LogP contribution in [0.5, 0.6) is 5.75 Å². The number of hydrogen-bond donors (Lipinski definition) is 1. The lowest BCUT2D eigenvalue weighted by molar-refractivity contribution is 0.0987. The Kier molecular flexibility index (Phi) is 4.76. The van der Waals surface area contributed by atoms with E-state index in [1.807, 2.05) is 24.3 Å². The summed E-state index contributed by atoms with van der Waals surface area (Å²) in [5.74, 6) is 1.62. The molecule has 0 radical (unpaired) electrons. The highest BCUT2D eigenvalue weighted by molar-refractivity contribution is 6.00. The zero-order chi connectivity index (χ0) is 12.8. The molecule has 1 fully saturated rings. The van der Waals surface area contributed by atoms with Crippen LogP contribution in [0.25, 0.3) is 0 Å². The molecule has 0 amide bonds. The average molecular weight is 247 g/mol. The standard InChI is InChI=1S/C15H21NO2/c1-2-9-18-15-6-4-3-5-13(15)14(17)11-16-10-12-7-8-12/h3-6,12,16H,2,7-11H2,1H3. The molecule has 0 atom stereocenters. The highest BCUT2D eigenvalue weighted by atomic mass is 16.5. The van der Waals surface area contributed by atoms with Crippen molar-refractivity contribution in [2.24, 2.45) is 5.92 Å². The van der Waals surface area contributed by atoms with Gasteiger partial charge in [0.2, 0.25) is 0 Å². The molecule has 1 aromatic rings. The topological polar surface area (TPSA) is 38.3 Å². The van der Waals surface area contributed by atoms with Crippen LogP contribution < -0.4 is 10.1 Å². The third kappa shape index (κ3) is 3.84. The number of carbonyl (C=O) groups excluding carboxylic acids is 1. The minimum Gasteiger partial charge on any atom is -0.493 e. The van der Waals surface area contributed by atoms with E-state index in [0.717, 1.165) is 18.9 Å². The van der Waals surface area contributed by atoms with Crippen LogP contribution in [0.2, 0.25) is 0 Å². The quantitative estimate of drug-likeness (QED) is 0.718. The number of ketones is 1. The molecule has 2 rings (SSSR count). The van der Waals surface area contributed by atoms with Crippen LogP contribution in [0.1, 0.15) is 36.5 Å². The van der Waals surface area contributed by atoms with Gasteiger partial charge in [-0.1, -0.05) is 19.1 Å². The van der Waals surface area contributed by atoms with Crippen molar-refractivity contribution >= 4 is 5.78 Å². The summed E-state index contributed by atoms with van der Waals surface area (Å²) in [7, 11) is 0. The van der Waals surface area contributed by atoms with E-state index in [4.69, 9.17) is 4.74 Å². The van der Waals surface area contributed by atoms with E-state index in [2.05, 4.69) is 12.2 Å². The molecule has 1 aliphatic carbocycles. The summed E-state index contributed by atoms with van der Waals surface area (Å²) >= 11 is 0. The molecule has 0 saturated heterocycles. The van der Waals surface area contributed by atoms with Gasteiger partial charge in [-0.05, 0) is 43.9 Å². The molecule has 0 aromatic heterocycles. The first-order chi connectivity index (χ1) is 8.81. The summed E-state index contributed by atoms with van der Waals surface area (Å²) in [5.41, 5.74) is 0.689. The first kappa shape index (κ1) is 13.1. The number of benzene rings is 1. The second-order valence-corrected chi connectivity index (χ2v) is 4.84. The fourth-order valence-electron chi connectivity index (χ4n) is 1.84. The number of nitrogens with one attached hydrogen (secondary N) is 1. The molecule has 0 unspecified atom stereocenters. The maximum Gasteiger partial charge on any atom is 0.180 e. The third-order valence-electron chi connectivity index (χ3n) is 3.06. The number of carbonyl (C=O) groups is 1. The van der Waals surface area contributed by atoms with Crippen LogP contribution in [0, 0.1) is 5.92 Å². The molecule has 18 heavy (non-hydrogen) atoms. The van der Waals surface area contributed by atoms with Gasteiger partial charge >= 0.3 is 0 Å². The summed E-state index contributed by atoms with van der Waals surface area (Å²) in [6.45, 7) is 4.08. The van der Waals surface area contributed by atoms with Crippen LogP contribution in [0.15, 0.2) is 24.3 Å². The van der Waals surface area contributed by atoms with E-state index in [-0.39, 0.29) is 5.78 Å². The molecule has 1 aromatic carbocycles. The summed E-state index contributed by atoms with van der Waals surface area (Å²) in [4.78, 5) is 12.1. The molecule has 0 spiro atoms. The first-order valence-electron chi connectivity index (χ1n) is 6.77. The molecule has 3 nitrogen and oxygen atoms in total. The maximum atomic E-state index is 12.1. The van der Waals surface area contributed by atoms with Gasteiger partial charge in [-0.15, -0.1) is 0 Å². The Labute approximate surface area is 109 Å². The first-order valence-corrected chi connectivity index (χ1v) is 6.77. The van der Waals surface area contributed by atoms with E-state index in [1.54, 1.807) is 0 Å². The number of Topliss-reactive ketones (excluding diaryl/α,β-unsaturated/α-hetero) is 1.